The average Bonchev–Trinajstić information content (AvgIpc) is 2.30. The Morgan fingerprint density at radius 2 is 1.84 bits per heavy atom. The van der Waals surface area contributed by atoms with E-state index in [0.717, 1.165) is 5.56 Å². The van der Waals surface area contributed by atoms with Crippen molar-refractivity contribution < 1.29 is 18.0 Å². The van der Waals surface area contributed by atoms with Gasteiger partial charge in [-0.05, 0) is 32.0 Å². The second-order valence-electron chi connectivity index (χ2n) is 4.31. The predicted octanol–water partition coefficient (Wildman–Crippen LogP) is 2.87. The Morgan fingerprint density at radius 1 is 1.21 bits per heavy atom. The van der Waals surface area contributed by atoms with Gasteiger partial charge in [-0.3, -0.25) is 4.79 Å². The number of halogens is 3. The molecule has 0 saturated heterocycles. The van der Waals surface area contributed by atoms with Gasteiger partial charge in [0.2, 0.25) is 5.91 Å². The van der Waals surface area contributed by atoms with Crippen LogP contribution in [-0.4, -0.2) is 25.2 Å². The molecule has 0 aromatic heterocycles. The number of nitrogens with one attached hydrogen (secondary N) is 2. The lowest BCUT2D eigenvalue weighted by molar-refractivity contribution is -0.135. The maximum absolute atomic E-state index is 11.9. The molecule has 0 aliphatic carbocycles. The maximum Gasteiger partial charge on any atom is 0.389 e. The molecule has 0 aliphatic heterocycles. The van der Waals surface area contributed by atoms with Crippen LogP contribution in [0.3, 0.4) is 0 Å². The van der Waals surface area contributed by atoms with Gasteiger partial charge in [0.1, 0.15) is 0 Å². The zero-order valence-electron chi connectivity index (χ0n) is 10.7. The van der Waals surface area contributed by atoms with Gasteiger partial charge in [0.25, 0.3) is 0 Å². The topological polar surface area (TPSA) is 41.1 Å². The van der Waals surface area contributed by atoms with Crippen molar-refractivity contribution in [2.45, 2.75) is 25.9 Å². The van der Waals surface area contributed by atoms with Crippen LogP contribution in [0.1, 0.15) is 18.4 Å². The minimum Gasteiger partial charge on any atom is -0.325 e. The molecule has 0 heterocycles. The van der Waals surface area contributed by atoms with Crippen LogP contribution in [0.5, 0.6) is 0 Å². The summed E-state index contributed by atoms with van der Waals surface area (Å²) in [4.78, 5) is 11.5. The Balaban J connectivity index is 2.16. The Kier molecular flexibility index (Phi) is 5.82. The highest BCUT2D eigenvalue weighted by Gasteiger charge is 2.25. The molecule has 1 aromatic carbocycles. The van der Waals surface area contributed by atoms with Crippen LogP contribution in [0.15, 0.2) is 24.3 Å². The third-order valence-corrected chi connectivity index (χ3v) is 2.43. The van der Waals surface area contributed by atoms with E-state index in [4.69, 9.17) is 0 Å². The number of aryl methyl sites for hydroxylation is 1. The number of hydrogen-bond donors (Lipinski definition) is 2. The third kappa shape index (κ3) is 7.46. The van der Waals surface area contributed by atoms with Crippen molar-refractivity contribution >= 4 is 11.6 Å². The van der Waals surface area contributed by atoms with Crippen molar-refractivity contribution in [2.75, 3.05) is 18.4 Å². The molecule has 0 unspecified atom stereocenters. The summed E-state index contributed by atoms with van der Waals surface area (Å²) in [5.74, 6) is -0.268. The maximum atomic E-state index is 11.9. The van der Waals surface area contributed by atoms with Crippen LogP contribution in [0, 0.1) is 6.92 Å². The van der Waals surface area contributed by atoms with E-state index < -0.39 is 12.6 Å². The fourth-order valence-corrected chi connectivity index (χ4v) is 1.46. The standard InChI is InChI=1S/C13H17F3N2O/c1-10-3-5-11(6-4-10)18-12(19)9-17-8-2-7-13(14,15)16/h3-6,17H,2,7-9H2,1H3,(H,18,19). The van der Waals surface area contributed by atoms with E-state index in [1.165, 1.54) is 0 Å². The van der Waals surface area contributed by atoms with Crippen molar-refractivity contribution in [1.82, 2.24) is 5.32 Å². The monoisotopic (exact) mass is 274 g/mol. The minimum absolute atomic E-state index is 0.00569. The Hall–Kier alpha value is -1.56. The molecule has 106 valence electrons. The SMILES string of the molecule is Cc1ccc(NC(=O)CNCCCC(F)(F)F)cc1. The molecule has 1 amide bonds. The molecule has 3 nitrogen and oxygen atoms in total. The summed E-state index contributed by atoms with van der Waals surface area (Å²) in [5.41, 5.74) is 1.76. The molecule has 0 fully saturated rings. The van der Waals surface area contributed by atoms with E-state index in [1.807, 2.05) is 19.1 Å². The second-order valence-corrected chi connectivity index (χ2v) is 4.31. The molecule has 0 bridgehead atoms. The lowest BCUT2D eigenvalue weighted by Gasteiger charge is -2.08. The van der Waals surface area contributed by atoms with Gasteiger partial charge >= 0.3 is 6.18 Å². The molecule has 6 heteroatoms. The number of alkyl halides is 3. The van der Waals surface area contributed by atoms with Crippen LogP contribution in [0.2, 0.25) is 0 Å². The minimum atomic E-state index is -4.13. The van der Waals surface area contributed by atoms with E-state index >= 15 is 0 Å². The van der Waals surface area contributed by atoms with Crippen LogP contribution in [0.4, 0.5) is 18.9 Å². The van der Waals surface area contributed by atoms with Crippen LogP contribution < -0.4 is 10.6 Å². The fraction of sp³-hybridized carbons (Fsp3) is 0.462. The number of carbonyl (C=O) groups is 1. The van der Waals surface area contributed by atoms with E-state index in [9.17, 15) is 18.0 Å². The van der Waals surface area contributed by atoms with Gasteiger partial charge in [-0.1, -0.05) is 17.7 Å². The number of hydrogen-bond acceptors (Lipinski definition) is 2. The summed E-state index contributed by atoms with van der Waals surface area (Å²) in [6.45, 7) is 2.11. The summed E-state index contributed by atoms with van der Waals surface area (Å²) in [7, 11) is 0. The predicted molar refractivity (Wildman–Crippen MR) is 68.0 cm³/mol. The van der Waals surface area contributed by atoms with Crippen LogP contribution >= 0.6 is 0 Å². The van der Waals surface area contributed by atoms with Gasteiger partial charge in [-0.25, -0.2) is 0 Å². The first-order chi connectivity index (χ1) is 8.87. The Labute approximate surface area is 110 Å². The van der Waals surface area contributed by atoms with E-state index in [0.29, 0.717) is 5.69 Å². The van der Waals surface area contributed by atoms with Crippen molar-refractivity contribution in [3.8, 4) is 0 Å². The van der Waals surface area contributed by atoms with Crippen molar-refractivity contribution in [1.29, 1.82) is 0 Å². The summed E-state index contributed by atoms with van der Waals surface area (Å²) < 4.78 is 35.6. The molecule has 0 atom stereocenters. The molecule has 0 radical (unpaired) electrons. The van der Waals surface area contributed by atoms with Crippen molar-refractivity contribution in [3.63, 3.8) is 0 Å². The largest absolute Gasteiger partial charge is 0.389 e. The highest BCUT2D eigenvalue weighted by Crippen LogP contribution is 2.20. The lowest BCUT2D eigenvalue weighted by Crippen LogP contribution is -2.29. The Bertz CT molecular complexity index is 401. The van der Waals surface area contributed by atoms with Gasteiger partial charge < -0.3 is 10.6 Å². The van der Waals surface area contributed by atoms with Gasteiger partial charge in [0, 0.05) is 12.1 Å². The second kappa shape index (κ2) is 7.13. The first-order valence-corrected chi connectivity index (χ1v) is 6.01. The average molecular weight is 274 g/mol. The lowest BCUT2D eigenvalue weighted by atomic mass is 10.2. The number of rotatable bonds is 6. The zero-order valence-corrected chi connectivity index (χ0v) is 10.7. The van der Waals surface area contributed by atoms with Gasteiger partial charge in [-0.15, -0.1) is 0 Å². The molecular formula is C13H17F3N2O. The summed E-state index contributed by atoms with van der Waals surface area (Å²) in [6.07, 6.45) is -4.99. The highest BCUT2D eigenvalue weighted by atomic mass is 19.4. The molecule has 2 N–H and O–H groups in total. The first-order valence-electron chi connectivity index (χ1n) is 6.01. The van der Waals surface area contributed by atoms with Crippen molar-refractivity contribution in [3.05, 3.63) is 29.8 Å². The van der Waals surface area contributed by atoms with Crippen LogP contribution in [0.25, 0.3) is 0 Å². The number of benzene rings is 1. The summed E-state index contributed by atoms with van der Waals surface area (Å²) in [6, 6.07) is 7.28. The first kappa shape index (κ1) is 15.5. The molecule has 1 aromatic rings. The molecular weight excluding hydrogens is 257 g/mol. The van der Waals surface area contributed by atoms with E-state index in [2.05, 4.69) is 10.6 Å². The smallest absolute Gasteiger partial charge is 0.325 e. The van der Waals surface area contributed by atoms with Gasteiger partial charge in [0.15, 0.2) is 0 Å². The summed E-state index contributed by atoms with van der Waals surface area (Å²) in [5, 5.41) is 5.33. The quantitative estimate of drug-likeness (QED) is 0.783. The normalized spacial score (nSPS) is 11.4. The highest BCUT2D eigenvalue weighted by molar-refractivity contribution is 5.92. The summed E-state index contributed by atoms with van der Waals surface area (Å²) >= 11 is 0. The third-order valence-electron chi connectivity index (χ3n) is 2.43. The van der Waals surface area contributed by atoms with Gasteiger partial charge in [-0.2, -0.15) is 13.2 Å². The molecule has 0 saturated carbocycles. The molecule has 19 heavy (non-hydrogen) atoms. The molecule has 1 rings (SSSR count). The molecule has 0 aliphatic rings. The molecule has 0 spiro atoms. The van der Waals surface area contributed by atoms with E-state index in [1.54, 1.807) is 12.1 Å². The van der Waals surface area contributed by atoms with E-state index in [-0.39, 0.29) is 25.4 Å². The van der Waals surface area contributed by atoms with Crippen molar-refractivity contribution in [2.24, 2.45) is 0 Å². The number of anilines is 1. The number of amides is 1. The fourth-order valence-electron chi connectivity index (χ4n) is 1.46. The number of carbonyl (C=O) groups excluding carboxylic acids is 1. The Morgan fingerprint density at radius 3 is 2.42 bits per heavy atom. The van der Waals surface area contributed by atoms with Gasteiger partial charge in [0.05, 0.1) is 6.54 Å². The zero-order chi connectivity index (χ0) is 14.3. The van der Waals surface area contributed by atoms with Crippen LogP contribution in [-0.2, 0) is 4.79 Å².